The molecule has 5 rings (SSSR count). The fourth-order valence-corrected chi connectivity index (χ4v) is 5.40. The molecule has 1 saturated heterocycles. The molecular weight excluding hydrogens is 464 g/mol. The minimum atomic E-state index is -0.725. The summed E-state index contributed by atoms with van der Waals surface area (Å²) in [6.07, 6.45) is 4.25. The number of amides is 1. The van der Waals surface area contributed by atoms with Crippen LogP contribution >= 0.6 is 0 Å². The van der Waals surface area contributed by atoms with Crippen molar-refractivity contribution in [3.05, 3.63) is 100 Å². The van der Waals surface area contributed by atoms with Crippen LogP contribution < -0.4 is 9.64 Å². The molecule has 1 aliphatic carbocycles. The monoisotopic (exact) mass is 496 g/mol. The summed E-state index contributed by atoms with van der Waals surface area (Å²) < 4.78 is 5.51. The number of hydrogen-bond donors (Lipinski definition) is 1. The number of likely N-dealkylation sites (tertiary alicyclic amines) is 1. The van der Waals surface area contributed by atoms with Crippen LogP contribution in [0.4, 0.5) is 5.69 Å². The molecule has 1 heterocycles. The molecule has 3 aromatic rings. The number of ketones is 1. The summed E-state index contributed by atoms with van der Waals surface area (Å²) in [5, 5.41) is 11.5. The Balaban J connectivity index is 1.63. The molecule has 3 aromatic carbocycles. The van der Waals surface area contributed by atoms with Crippen LogP contribution in [0.5, 0.6) is 5.75 Å². The molecule has 190 valence electrons. The van der Waals surface area contributed by atoms with E-state index in [4.69, 9.17) is 4.74 Å². The molecule has 37 heavy (non-hydrogen) atoms. The molecule has 1 atom stereocenters. The normalized spacial score (nSPS) is 18.6. The van der Waals surface area contributed by atoms with Gasteiger partial charge >= 0.3 is 0 Å². The zero-order valence-electron chi connectivity index (χ0n) is 21.5. The number of methoxy groups -OCH3 is 1. The van der Waals surface area contributed by atoms with Gasteiger partial charge in [-0.2, -0.15) is 0 Å². The summed E-state index contributed by atoms with van der Waals surface area (Å²) in [4.78, 5) is 30.4. The van der Waals surface area contributed by atoms with E-state index >= 15 is 0 Å². The number of carbonyl (C=O) groups is 2. The van der Waals surface area contributed by atoms with Crippen molar-refractivity contribution in [1.82, 2.24) is 4.90 Å². The minimum Gasteiger partial charge on any atom is -0.507 e. The molecular formula is C31H32N2O4. The Bertz CT molecular complexity index is 1370. The lowest BCUT2D eigenvalue weighted by Crippen LogP contribution is -2.29. The second kappa shape index (κ2) is 10.1. The highest BCUT2D eigenvalue weighted by Crippen LogP contribution is 2.41. The van der Waals surface area contributed by atoms with Gasteiger partial charge in [-0.05, 0) is 66.6 Å². The van der Waals surface area contributed by atoms with Gasteiger partial charge in [-0.3, -0.25) is 9.59 Å². The number of carbonyl (C=O) groups excluding carboxylic acids is 2. The molecule has 0 spiro atoms. The summed E-state index contributed by atoms with van der Waals surface area (Å²) >= 11 is 0. The Hall–Kier alpha value is -4.06. The lowest BCUT2D eigenvalue weighted by atomic mass is 9.88. The van der Waals surface area contributed by atoms with Crippen LogP contribution in [-0.2, 0) is 29.0 Å². The van der Waals surface area contributed by atoms with Crippen LogP contribution in [-0.4, -0.2) is 42.9 Å². The van der Waals surface area contributed by atoms with Crippen LogP contribution in [0.2, 0.25) is 0 Å². The molecule has 1 unspecified atom stereocenters. The fourth-order valence-electron chi connectivity index (χ4n) is 5.40. The summed E-state index contributed by atoms with van der Waals surface area (Å²) in [5.41, 5.74) is 5.73. The number of aliphatic hydroxyl groups excluding tert-OH is 1. The average Bonchev–Trinajstić information content (AvgIpc) is 3.17. The first kappa shape index (κ1) is 24.6. The first-order valence-electron chi connectivity index (χ1n) is 12.7. The Morgan fingerprint density at radius 1 is 0.973 bits per heavy atom. The second-order valence-corrected chi connectivity index (χ2v) is 9.92. The van der Waals surface area contributed by atoms with E-state index in [-0.39, 0.29) is 17.9 Å². The van der Waals surface area contributed by atoms with Gasteiger partial charge in [0, 0.05) is 30.9 Å². The lowest BCUT2D eigenvalue weighted by Gasteiger charge is -2.26. The molecule has 1 aliphatic heterocycles. The maximum absolute atomic E-state index is 13.5. The highest BCUT2D eigenvalue weighted by Gasteiger charge is 2.46. The number of nitrogens with zero attached hydrogens (tertiary/aromatic N) is 2. The van der Waals surface area contributed by atoms with Crippen molar-refractivity contribution in [2.24, 2.45) is 0 Å². The van der Waals surface area contributed by atoms with Gasteiger partial charge in [0.25, 0.3) is 11.7 Å². The van der Waals surface area contributed by atoms with Crippen molar-refractivity contribution < 1.29 is 19.4 Å². The molecule has 0 saturated carbocycles. The van der Waals surface area contributed by atoms with Crippen LogP contribution in [0.1, 0.15) is 46.7 Å². The minimum absolute atomic E-state index is 0.119. The molecule has 0 bridgehead atoms. The highest BCUT2D eigenvalue weighted by atomic mass is 16.5. The standard InChI is InChI=1S/C31H32N2O4/c1-32(2)25-16-14-21(15-17-25)28-27(29(34)23-13-12-20-8-4-5-9-22(20)18-23)30(35)31(36)33(28)19-24-10-6-7-11-26(24)37-3/h6-7,10-18,28,34H,4-5,8-9,19H2,1-3H3/b29-27-. The van der Waals surface area contributed by atoms with Gasteiger partial charge in [-0.15, -0.1) is 0 Å². The predicted octanol–water partition coefficient (Wildman–Crippen LogP) is 5.26. The van der Waals surface area contributed by atoms with E-state index in [0.29, 0.717) is 11.3 Å². The Morgan fingerprint density at radius 2 is 1.68 bits per heavy atom. The van der Waals surface area contributed by atoms with Crippen molar-refractivity contribution in [3.8, 4) is 5.75 Å². The third kappa shape index (κ3) is 4.59. The van der Waals surface area contributed by atoms with E-state index in [2.05, 4.69) is 0 Å². The number of anilines is 1. The van der Waals surface area contributed by atoms with Crippen LogP contribution in [0.25, 0.3) is 5.76 Å². The van der Waals surface area contributed by atoms with Crippen LogP contribution in [0.15, 0.2) is 72.3 Å². The number of benzene rings is 3. The molecule has 1 fully saturated rings. The first-order valence-corrected chi connectivity index (χ1v) is 12.7. The quantitative estimate of drug-likeness (QED) is 0.286. The first-order chi connectivity index (χ1) is 17.9. The predicted molar refractivity (Wildman–Crippen MR) is 145 cm³/mol. The second-order valence-electron chi connectivity index (χ2n) is 9.92. The van der Waals surface area contributed by atoms with Gasteiger partial charge in [0.2, 0.25) is 0 Å². The topological polar surface area (TPSA) is 70.1 Å². The van der Waals surface area contributed by atoms with Crippen molar-refractivity contribution in [2.45, 2.75) is 38.3 Å². The van der Waals surface area contributed by atoms with E-state index in [0.717, 1.165) is 42.5 Å². The number of para-hydroxylation sites is 1. The van der Waals surface area contributed by atoms with E-state index in [1.54, 1.807) is 7.11 Å². The van der Waals surface area contributed by atoms with Gasteiger partial charge in [-0.25, -0.2) is 0 Å². The van der Waals surface area contributed by atoms with Gasteiger partial charge in [0.15, 0.2) is 0 Å². The van der Waals surface area contributed by atoms with Gasteiger partial charge in [-0.1, -0.05) is 42.5 Å². The molecule has 1 amide bonds. The van der Waals surface area contributed by atoms with E-state index < -0.39 is 17.7 Å². The van der Waals surface area contributed by atoms with E-state index in [1.165, 1.54) is 16.0 Å². The van der Waals surface area contributed by atoms with Gasteiger partial charge in [0.1, 0.15) is 11.5 Å². The van der Waals surface area contributed by atoms with E-state index in [9.17, 15) is 14.7 Å². The number of aliphatic hydroxyl groups is 1. The number of aryl methyl sites for hydroxylation is 2. The molecule has 6 nitrogen and oxygen atoms in total. The Labute approximate surface area is 217 Å². The molecule has 0 aromatic heterocycles. The molecule has 6 heteroatoms. The SMILES string of the molecule is COc1ccccc1CN1C(=O)C(=O)/C(=C(\O)c2ccc3c(c2)CCCC3)C1c1ccc(N(C)C)cc1. The largest absolute Gasteiger partial charge is 0.507 e. The summed E-state index contributed by atoms with van der Waals surface area (Å²) in [5.74, 6) is -0.796. The zero-order valence-corrected chi connectivity index (χ0v) is 21.5. The molecule has 0 radical (unpaired) electrons. The summed E-state index contributed by atoms with van der Waals surface area (Å²) in [7, 11) is 5.50. The van der Waals surface area contributed by atoms with Crippen molar-refractivity contribution >= 4 is 23.1 Å². The third-order valence-electron chi connectivity index (χ3n) is 7.42. The maximum Gasteiger partial charge on any atom is 0.295 e. The molecule has 1 N–H and O–H groups in total. The lowest BCUT2D eigenvalue weighted by molar-refractivity contribution is -0.140. The van der Waals surface area contributed by atoms with Gasteiger partial charge < -0.3 is 19.6 Å². The van der Waals surface area contributed by atoms with Crippen molar-refractivity contribution in [2.75, 3.05) is 26.1 Å². The number of hydrogen-bond acceptors (Lipinski definition) is 5. The van der Waals surface area contributed by atoms with E-state index in [1.807, 2.05) is 85.7 Å². The molecule has 2 aliphatic rings. The fraction of sp³-hybridized carbons (Fsp3) is 0.290. The number of fused-ring (bicyclic) bond motifs is 1. The summed E-state index contributed by atoms with van der Waals surface area (Å²) in [6.45, 7) is 0.176. The number of rotatable bonds is 6. The zero-order chi connectivity index (χ0) is 26.1. The average molecular weight is 497 g/mol. The Morgan fingerprint density at radius 3 is 2.38 bits per heavy atom. The highest BCUT2D eigenvalue weighted by molar-refractivity contribution is 6.46. The third-order valence-corrected chi connectivity index (χ3v) is 7.42. The van der Waals surface area contributed by atoms with Crippen molar-refractivity contribution in [1.29, 1.82) is 0 Å². The number of ether oxygens (including phenoxy) is 1. The van der Waals surface area contributed by atoms with Crippen molar-refractivity contribution in [3.63, 3.8) is 0 Å². The summed E-state index contributed by atoms with van der Waals surface area (Å²) in [6, 6.07) is 20.4. The number of Topliss-reactive ketones (excluding diaryl/α,β-unsaturated/α-hetero) is 1. The maximum atomic E-state index is 13.5. The van der Waals surface area contributed by atoms with Gasteiger partial charge in [0.05, 0.1) is 25.3 Å². The van der Waals surface area contributed by atoms with Crippen LogP contribution in [0, 0.1) is 0 Å². The Kier molecular flexibility index (Phi) is 6.74. The smallest absolute Gasteiger partial charge is 0.295 e. The van der Waals surface area contributed by atoms with Crippen LogP contribution in [0.3, 0.4) is 0 Å².